The fourth-order valence-corrected chi connectivity index (χ4v) is 1.83. The average Bonchev–Trinajstić information content (AvgIpc) is 2.43. The van der Waals surface area contributed by atoms with Crippen molar-refractivity contribution in [2.24, 2.45) is 0 Å². The molecule has 1 amide bonds. The van der Waals surface area contributed by atoms with E-state index in [1.807, 2.05) is 0 Å². The van der Waals surface area contributed by atoms with Crippen LogP contribution in [-0.2, 0) is 4.74 Å². The maximum atomic E-state index is 13.8. The van der Waals surface area contributed by atoms with Gasteiger partial charge in [-0.15, -0.1) is 0 Å². The number of halogens is 2. The van der Waals surface area contributed by atoms with E-state index in [9.17, 15) is 13.6 Å². The Kier molecular flexibility index (Phi) is 6.38. The van der Waals surface area contributed by atoms with Crippen molar-refractivity contribution < 1.29 is 18.3 Å². The number of hydrogen-bond acceptors (Lipinski definition) is 3. The number of amides is 1. The van der Waals surface area contributed by atoms with Gasteiger partial charge in [-0.05, 0) is 26.0 Å². The van der Waals surface area contributed by atoms with E-state index in [1.165, 1.54) is 12.0 Å². The highest BCUT2D eigenvalue weighted by molar-refractivity contribution is 5.94. The summed E-state index contributed by atoms with van der Waals surface area (Å²) in [5.41, 5.74) is -0.205. The summed E-state index contributed by atoms with van der Waals surface area (Å²) >= 11 is 0. The van der Waals surface area contributed by atoms with Gasteiger partial charge in [0.1, 0.15) is 17.3 Å². The van der Waals surface area contributed by atoms with Crippen LogP contribution in [0.5, 0.6) is 0 Å². The van der Waals surface area contributed by atoms with Gasteiger partial charge < -0.3 is 15.0 Å². The summed E-state index contributed by atoms with van der Waals surface area (Å²) in [6.07, 6.45) is 0. The Morgan fingerprint density at radius 3 is 2.35 bits per heavy atom. The standard InChI is InChI=1S/C14H20F2N2O2/c1-4-17-13-11(15)8-10(9-12(13)16)14(19)18(5-2)6-7-20-3/h8-9,17H,4-7H2,1-3H3. The van der Waals surface area contributed by atoms with Crippen molar-refractivity contribution in [1.29, 1.82) is 0 Å². The smallest absolute Gasteiger partial charge is 0.254 e. The maximum Gasteiger partial charge on any atom is 0.254 e. The lowest BCUT2D eigenvalue weighted by Crippen LogP contribution is -2.33. The molecule has 0 saturated carbocycles. The third-order valence-electron chi connectivity index (χ3n) is 2.88. The highest BCUT2D eigenvalue weighted by atomic mass is 19.1. The molecular weight excluding hydrogens is 266 g/mol. The minimum atomic E-state index is -0.766. The zero-order valence-corrected chi connectivity index (χ0v) is 12.0. The van der Waals surface area contributed by atoms with Crippen molar-refractivity contribution in [2.45, 2.75) is 13.8 Å². The van der Waals surface area contributed by atoms with Crippen molar-refractivity contribution in [3.05, 3.63) is 29.3 Å². The summed E-state index contributed by atoms with van der Waals surface area (Å²) in [5, 5.41) is 2.59. The SMILES string of the molecule is CCNc1c(F)cc(C(=O)N(CC)CCOC)cc1F. The van der Waals surface area contributed by atoms with Gasteiger partial charge in [-0.25, -0.2) is 8.78 Å². The third kappa shape index (κ3) is 3.90. The molecule has 0 unspecified atom stereocenters. The summed E-state index contributed by atoms with van der Waals surface area (Å²) in [5.74, 6) is -1.94. The Morgan fingerprint density at radius 2 is 1.90 bits per heavy atom. The molecule has 0 bridgehead atoms. The molecule has 0 aromatic heterocycles. The molecule has 4 nitrogen and oxygen atoms in total. The highest BCUT2D eigenvalue weighted by Crippen LogP contribution is 2.21. The van der Waals surface area contributed by atoms with E-state index in [4.69, 9.17) is 4.74 Å². The number of ether oxygens (including phenoxy) is 1. The molecule has 20 heavy (non-hydrogen) atoms. The number of carbonyl (C=O) groups excluding carboxylic acids is 1. The summed E-state index contributed by atoms with van der Waals surface area (Å²) < 4.78 is 32.5. The zero-order chi connectivity index (χ0) is 15.1. The van der Waals surface area contributed by atoms with E-state index in [1.54, 1.807) is 13.8 Å². The molecule has 0 heterocycles. The molecule has 0 atom stereocenters. The minimum Gasteiger partial charge on any atom is -0.383 e. The van der Waals surface area contributed by atoms with Crippen molar-refractivity contribution in [1.82, 2.24) is 4.90 Å². The molecule has 0 radical (unpaired) electrons. The normalized spacial score (nSPS) is 10.4. The van der Waals surface area contributed by atoms with E-state index in [2.05, 4.69) is 5.32 Å². The predicted molar refractivity (Wildman–Crippen MR) is 74.0 cm³/mol. The molecule has 0 aliphatic carbocycles. The lowest BCUT2D eigenvalue weighted by molar-refractivity contribution is 0.0705. The minimum absolute atomic E-state index is 0.000365. The monoisotopic (exact) mass is 286 g/mol. The van der Waals surface area contributed by atoms with Crippen LogP contribution >= 0.6 is 0 Å². The molecule has 1 rings (SSSR count). The van der Waals surface area contributed by atoms with Crippen molar-refractivity contribution in [3.8, 4) is 0 Å². The number of carbonyl (C=O) groups is 1. The number of likely N-dealkylation sites (N-methyl/N-ethyl adjacent to an activating group) is 1. The summed E-state index contributed by atoms with van der Waals surface area (Å²) in [4.78, 5) is 13.6. The molecule has 0 fully saturated rings. The fraction of sp³-hybridized carbons (Fsp3) is 0.500. The van der Waals surface area contributed by atoms with Crippen LogP contribution in [0.2, 0.25) is 0 Å². The maximum absolute atomic E-state index is 13.8. The number of nitrogens with one attached hydrogen (secondary N) is 1. The highest BCUT2D eigenvalue weighted by Gasteiger charge is 2.18. The number of anilines is 1. The van der Waals surface area contributed by atoms with E-state index >= 15 is 0 Å². The largest absolute Gasteiger partial charge is 0.383 e. The second-order valence-electron chi connectivity index (χ2n) is 4.22. The number of methoxy groups -OCH3 is 1. The van der Waals surface area contributed by atoms with Gasteiger partial charge in [0.15, 0.2) is 0 Å². The number of benzene rings is 1. The molecule has 0 spiro atoms. The molecule has 1 aromatic rings. The first-order valence-electron chi connectivity index (χ1n) is 6.56. The van der Waals surface area contributed by atoms with E-state index in [0.29, 0.717) is 26.2 Å². The first kappa shape index (κ1) is 16.4. The fourth-order valence-electron chi connectivity index (χ4n) is 1.83. The van der Waals surface area contributed by atoms with Gasteiger partial charge in [0.25, 0.3) is 5.91 Å². The molecule has 0 aliphatic rings. The van der Waals surface area contributed by atoms with Crippen LogP contribution in [0.1, 0.15) is 24.2 Å². The quantitative estimate of drug-likeness (QED) is 0.837. The van der Waals surface area contributed by atoms with Gasteiger partial charge in [-0.1, -0.05) is 0 Å². The molecule has 1 aromatic carbocycles. The lowest BCUT2D eigenvalue weighted by Gasteiger charge is -2.21. The molecule has 0 aliphatic heterocycles. The van der Waals surface area contributed by atoms with Crippen molar-refractivity contribution in [3.63, 3.8) is 0 Å². The average molecular weight is 286 g/mol. The second-order valence-corrected chi connectivity index (χ2v) is 4.22. The Morgan fingerprint density at radius 1 is 1.30 bits per heavy atom. The Bertz CT molecular complexity index is 443. The van der Waals surface area contributed by atoms with Crippen LogP contribution in [0, 0.1) is 11.6 Å². The van der Waals surface area contributed by atoms with Gasteiger partial charge in [0, 0.05) is 32.3 Å². The van der Waals surface area contributed by atoms with Crippen LogP contribution in [0.3, 0.4) is 0 Å². The Hall–Kier alpha value is -1.69. The van der Waals surface area contributed by atoms with E-state index in [0.717, 1.165) is 12.1 Å². The molecule has 112 valence electrons. The van der Waals surface area contributed by atoms with Gasteiger partial charge in [0.05, 0.1) is 6.61 Å². The summed E-state index contributed by atoms with van der Waals surface area (Å²) in [6.45, 7) is 5.13. The number of nitrogens with zero attached hydrogens (tertiary/aromatic N) is 1. The summed E-state index contributed by atoms with van der Waals surface area (Å²) in [7, 11) is 1.53. The van der Waals surface area contributed by atoms with E-state index < -0.39 is 17.5 Å². The van der Waals surface area contributed by atoms with Crippen LogP contribution in [-0.4, -0.2) is 44.2 Å². The van der Waals surface area contributed by atoms with Crippen LogP contribution in [0.15, 0.2) is 12.1 Å². The number of hydrogen-bond donors (Lipinski definition) is 1. The van der Waals surface area contributed by atoms with Crippen LogP contribution in [0.4, 0.5) is 14.5 Å². The van der Waals surface area contributed by atoms with Crippen LogP contribution in [0.25, 0.3) is 0 Å². The molecular formula is C14H20F2N2O2. The molecule has 1 N–H and O–H groups in total. The lowest BCUT2D eigenvalue weighted by atomic mass is 10.1. The van der Waals surface area contributed by atoms with Gasteiger partial charge >= 0.3 is 0 Å². The molecule has 0 saturated heterocycles. The van der Waals surface area contributed by atoms with Gasteiger partial charge in [0.2, 0.25) is 0 Å². The van der Waals surface area contributed by atoms with E-state index in [-0.39, 0.29) is 11.3 Å². The topological polar surface area (TPSA) is 41.6 Å². The molecule has 6 heteroatoms. The zero-order valence-electron chi connectivity index (χ0n) is 12.0. The summed E-state index contributed by atoms with van der Waals surface area (Å²) in [6, 6.07) is 2.11. The Balaban J connectivity index is 2.98. The van der Waals surface area contributed by atoms with Crippen molar-refractivity contribution in [2.75, 3.05) is 38.7 Å². The van der Waals surface area contributed by atoms with Crippen molar-refractivity contribution >= 4 is 11.6 Å². The first-order chi connectivity index (χ1) is 9.54. The van der Waals surface area contributed by atoms with Crippen LogP contribution < -0.4 is 5.32 Å². The first-order valence-corrected chi connectivity index (χ1v) is 6.56. The Labute approximate surface area is 117 Å². The van der Waals surface area contributed by atoms with Gasteiger partial charge in [-0.2, -0.15) is 0 Å². The predicted octanol–water partition coefficient (Wildman–Crippen LogP) is 2.51. The third-order valence-corrected chi connectivity index (χ3v) is 2.88. The second kappa shape index (κ2) is 7.79. The van der Waals surface area contributed by atoms with Gasteiger partial charge in [-0.3, -0.25) is 4.79 Å². The number of rotatable bonds is 7.